The molecule has 0 aliphatic carbocycles. The van der Waals surface area contributed by atoms with E-state index < -0.39 is 0 Å². The summed E-state index contributed by atoms with van der Waals surface area (Å²) in [6.45, 7) is 9.16. The summed E-state index contributed by atoms with van der Waals surface area (Å²) in [7, 11) is 0. The van der Waals surface area contributed by atoms with Crippen LogP contribution >= 0.6 is 12.6 Å². The van der Waals surface area contributed by atoms with Crippen molar-refractivity contribution in [2.75, 3.05) is 32.2 Å². The van der Waals surface area contributed by atoms with Crippen LogP contribution in [0.1, 0.15) is 20.8 Å². The summed E-state index contributed by atoms with van der Waals surface area (Å²) >= 11 is 4.23. The molecule has 12 heavy (non-hydrogen) atoms. The van der Waals surface area contributed by atoms with Crippen molar-refractivity contribution in [3.63, 3.8) is 0 Å². The number of hydrogen-bond donors (Lipinski definition) is 1. The van der Waals surface area contributed by atoms with E-state index in [1.54, 1.807) is 0 Å². The SMILES string of the molecule is CCOCCOCC(C)(C)CS. The van der Waals surface area contributed by atoms with Gasteiger partial charge in [0.25, 0.3) is 0 Å². The molecule has 0 aromatic rings. The third kappa shape index (κ3) is 6.95. The van der Waals surface area contributed by atoms with Gasteiger partial charge in [0.15, 0.2) is 0 Å². The second-order valence-electron chi connectivity index (χ2n) is 3.57. The number of ether oxygens (including phenoxy) is 2. The lowest BCUT2D eigenvalue weighted by atomic mass is 9.98. The highest BCUT2D eigenvalue weighted by Crippen LogP contribution is 2.16. The average Bonchev–Trinajstić information content (AvgIpc) is 2.04. The van der Waals surface area contributed by atoms with Crippen LogP contribution < -0.4 is 0 Å². The maximum atomic E-state index is 5.42. The Morgan fingerprint density at radius 2 is 1.75 bits per heavy atom. The van der Waals surface area contributed by atoms with E-state index in [1.807, 2.05) is 6.92 Å². The lowest BCUT2D eigenvalue weighted by Crippen LogP contribution is -2.22. The van der Waals surface area contributed by atoms with Gasteiger partial charge in [-0.05, 0) is 18.1 Å². The number of thiol groups is 1. The van der Waals surface area contributed by atoms with Crippen LogP contribution in [0.2, 0.25) is 0 Å². The summed E-state index contributed by atoms with van der Waals surface area (Å²) < 4.78 is 10.6. The maximum Gasteiger partial charge on any atom is 0.0700 e. The van der Waals surface area contributed by atoms with E-state index >= 15 is 0 Å². The molecule has 0 aliphatic rings. The van der Waals surface area contributed by atoms with Gasteiger partial charge >= 0.3 is 0 Å². The minimum Gasteiger partial charge on any atom is -0.379 e. The smallest absolute Gasteiger partial charge is 0.0700 e. The molecule has 0 atom stereocenters. The molecule has 0 aromatic carbocycles. The molecule has 0 heterocycles. The molecule has 0 bridgehead atoms. The molecule has 0 amide bonds. The van der Waals surface area contributed by atoms with Gasteiger partial charge in [-0.2, -0.15) is 12.6 Å². The molecular weight excluding hydrogens is 172 g/mol. The summed E-state index contributed by atoms with van der Waals surface area (Å²) in [5, 5.41) is 0. The molecule has 0 saturated heterocycles. The van der Waals surface area contributed by atoms with Crippen LogP contribution in [0, 0.1) is 5.41 Å². The summed E-state index contributed by atoms with van der Waals surface area (Å²) in [5.74, 6) is 0.849. The number of rotatable bonds is 7. The Kier molecular flexibility index (Phi) is 6.90. The van der Waals surface area contributed by atoms with Gasteiger partial charge in [-0.15, -0.1) is 0 Å². The molecule has 0 spiro atoms. The van der Waals surface area contributed by atoms with Crippen molar-refractivity contribution in [1.82, 2.24) is 0 Å². The summed E-state index contributed by atoms with van der Waals surface area (Å²) in [6, 6.07) is 0. The topological polar surface area (TPSA) is 18.5 Å². The van der Waals surface area contributed by atoms with Gasteiger partial charge in [-0.3, -0.25) is 0 Å². The first kappa shape index (κ1) is 12.3. The predicted octanol–water partition coefficient (Wildman–Crippen LogP) is 2.00. The Bertz CT molecular complexity index is 105. The Balaban J connectivity index is 3.19. The molecule has 0 unspecified atom stereocenters. The van der Waals surface area contributed by atoms with E-state index in [4.69, 9.17) is 9.47 Å². The maximum absolute atomic E-state index is 5.42. The van der Waals surface area contributed by atoms with Gasteiger partial charge < -0.3 is 9.47 Å². The largest absolute Gasteiger partial charge is 0.379 e. The third-order valence-corrected chi connectivity index (χ3v) is 2.35. The Labute approximate surface area is 81.0 Å². The molecule has 0 fully saturated rings. The van der Waals surface area contributed by atoms with Crippen LogP contribution in [0.25, 0.3) is 0 Å². The Morgan fingerprint density at radius 1 is 1.17 bits per heavy atom. The van der Waals surface area contributed by atoms with E-state index in [0.717, 1.165) is 19.0 Å². The zero-order chi connectivity index (χ0) is 9.45. The first-order chi connectivity index (χ1) is 5.62. The third-order valence-electron chi connectivity index (χ3n) is 1.50. The minimum atomic E-state index is 0.176. The Morgan fingerprint density at radius 3 is 2.25 bits per heavy atom. The van der Waals surface area contributed by atoms with Crippen molar-refractivity contribution in [2.24, 2.45) is 5.41 Å². The normalized spacial score (nSPS) is 12.0. The minimum absolute atomic E-state index is 0.176. The van der Waals surface area contributed by atoms with Gasteiger partial charge in [-0.25, -0.2) is 0 Å². The van der Waals surface area contributed by atoms with Crippen LogP contribution in [0.3, 0.4) is 0 Å². The monoisotopic (exact) mass is 192 g/mol. The summed E-state index contributed by atoms with van der Waals surface area (Å²) in [5.41, 5.74) is 0.176. The summed E-state index contributed by atoms with van der Waals surface area (Å²) in [4.78, 5) is 0. The van der Waals surface area contributed by atoms with Gasteiger partial charge in [0.1, 0.15) is 0 Å². The van der Waals surface area contributed by atoms with Crippen molar-refractivity contribution >= 4 is 12.6 Å². The van der Waals surface area contributed by atoms with E-state index in [0.29, 0.717) is 13.2 Å². The van der Waals surface area contributed by atoms with E-state index in [9.17, 15) is 0 Å². The van der Waals surface area contributed by atoms with Crippen molar-refractivity contribution in [1.29, 1.82) is 0 Å². The predicted molar refractivity (Wildman–Crippen MR) is 54.9 cm³/mol. The highest BCUT2D eigenvalue weighted by molar-refractivity contribution is 7.80. The van der Waals surface area contributed by atoms with Gasteiger partial charge in [-0.1, -0.05) is 13.8 Å². The second kappa shape index (κ2) is 6.75. The molecule has 2 nitrogen and oxygen atoms in total. The molecular formula is C9H20O2S. The fraction of sp³-hybridized carbons (Fsp3) is 1.00. The van der Waals surface area contributed by atoms with Crippen LogP contribution in [0.15, 0.2) is 0 Å². The average molecular weight is 192 g/mol. The fourth-order valence-electron chi connectivity index (χ4n) is 0.656. The van der Waals surface area contributed by atoms with E-state index in [2.05, 4.69) is 26.5 Å². The first-order valence-corrected chi connectivity index (χ1v) is 5.02. The van der Waals surface area contributed by atoms with Gasteiger partial charge in [0.05, 0.1) is 19.8 Å². The van der Waals surface area contributed by atoms with Crippen molar-refractivity contribution in [3.05, 3.63) is 0 Å². The first-order valence-electron chi connectivity index (χ1n) is 4.39. The lowest BCUT2D eigenvalue weighted by Gasteiger charge is -2.21. The van der Waals surface area contributed by atoms with Gasteiger partial charge in [0, 0.05) is 6.61 Å². The summed E-state index contributed by atoms with van der Waals surface area (Å²) in [6.07, 6.45) is 0. The molecule has 3 heteroatoms. The van der Waals surface area contributed by atoms with Crippen LogP contribution in [0.5, 0.6) is 0 Å². The van der Waals surface area contributed by atoms with E-state index in [1.165, 1.54) is 0 Å². The Hall–Kier alpha value is 0.270. The van der Waals surface area contributed by atoms with Crippen molar-refractivity contribution in [2.45, 2.75) is 20.8 Å². The van der Waals surface area contributed by atoms with Crippen LogP contribution in [-0.2, 0) is 9.47 Å². The molecule has 74 valence electrons. The van der Waals surface area contributed by atoms with Crippen LogP contribution in [-0.4, -0.2) is 32.2 Å². The zero-order valence-electron chi connectivity index (χ0n) is 8.30. The highest BCUT2D eigenvalue weighted by Gasteiger charge is 2.15. The van der Waals surface area contributed by atoms with Crippen molar-refractivity contribution < 1.29 is 9.47 Å². The molecule has 0 radical (unpaired) electrons. The fourth-order valence-corrected chi connectivity index (χ4v) is 0.748. The zero-order valence-corrected chi connectivity index (χ0v) is 9.19. The lowest BCUT2D eigenvalue weighted by molar-refractivity contribution is 0.0239. The van der Waals surface area contributed by atoms with Crippen molar-refractivity contribution in [3.8, 4) is 0 Å². The highest BCUT2D eigenvalue weighted by atomic mass is 32.1. The quantitative estimate of drug-likeness (QED) is 0.491. The molecule has 0 saturated carbocycles. The van der Waals surface area contributed by atoms with E-state index in [-0.39, 0.29) is 5.41 Å². The standard InChI is InChI=1S/C9H20O2S/c1-4-10-5-6-11-7-9(2,3)8-12/h12H,4-8H2,1-3H3. The number of hydrogen-bond acceptors (Lipinski definition) is 3. The van der Waals surface area contributed by atoms with Crippen LogP contribution in [0.4, 0.5) is 0 Å². The molecule has 0 aliphatic heterocycles. The second-order valence-corrected chi connectivity index (χ2v) is 3.89. The molecule has 0 N–H and O–H groups in total. The molecule has 0 rings (SSSR count). The van der Waals surface area contributed by atoms with Gasteiger partial charge in [0.2, 0.25) is 0 Å². The molecule has 0 aromatic heterocycles.